The first-order valence-corrected chi connectivity index (χ1v) is 11.0. The van der Waals surface area contributed by atoms with Crippen LogP contribution in [-0.2, 0) is 4.79 Å². The molecule has 0 rings (SSSR count). The van der Waals surface area contributed by atoms with Crippen molar-refractivity contribution in [2.24, 2.45) is 5.92 Å². The van der Waals surface area contributed by atoms with Gasteiger partial charge in [-0.2, -0.15) is 0 Å². The topological polar surface area (TPSA) is 37.3 Å². The number of unbranched alkanes of at least 4 members (excludes halogenated alkanes) is 12. The number of carboxylic acids is 1. The van der Waals surface area contributed by atoms with Gasteiger partial charge in [0.2, 0.25) is 0 Å². The van der Waals surface area contributed by atoms with Gasteiger partial charge in [0.15, 0.2) is 0 Å². The molecule has 0 aliphatic carbocycles. The first kappa shape index (κ1) is 24.2. The fraction of sp³-hybridized carbons (Fsp3) is 0.870. The number of aliphatic carboxylic acids is 1. The molecule has 0 saturated carbocycles. The molecule has 0 bridgehead atoms. The van der Waals surface area contributed by atoms with Crippen molar-refractivity contribution in [3.63, 3.8) is 0 Å². The third-order valence-electron chi connectivity index (χ3n) is 5.39. The van der Waals surface area contributed by atoms with Gasteiger partial charge in [0.25, 0.3) is 0 Å². The van der Waals surface area contributed by atoms with Crippen LogP contribution in [-0.4, -0.2) is 11.1 Å². The minimum Gasteiger partial charge on any atom is -0.478 e. The van der Waals surface area contributed by atoms with Gasteiger partial charge in [0.05, 0.1) is 0 Å². The fourth-order valence-corrected chi connectivity index (χ4v) is 3.37. The van der Waals surface area contributed by atoms with E-state index in [-0.39, 0.29) is 0 Å². The number of carboxylic acid groups (broad SMARTS) is 1. The molecule has 0 aromatic heterocycles. The number of rotatable bonds is 18. The molecule has 1 atom stereocenters. The summed E-state index contributed by atoms with van der Waals surface area (Å²) in [5, 5.41) is 8.90. The Morgan fingerprint density at radius 1 is 0.800 bits per heavy atom. The maximum atomic E-state index is 10.8. The monoisotopic (exact) mass is 352 g/mol. The van der Waals surface area contributed by atoms with Crippen LogP contribution < -0.4 is 0 Å². The highest BCUT2D eigenvalue weighted by atomic mass is 16.4. The van der Waals surface area contributed by atoms with E-state index < -0.39 is 5.97 Å². The van der Waals surface area contributed by atoms with Crippen molar-refractivity contribution in [2.75, 3.05) is 0 Å². The van der Waals surface area contributed by atoms with Gasteiger partial charge in [-0.1, -0.05) is 116 Å². The molecule has 0 amide bonds. The molecule has 0 radical (unpaired) electrons. The van der Waals surface area contributed by atoms with Crippen LogP contribution in [0.1, 0.15) is 124 Å². The lowest BCUT2D eigenvalue weighted by atomic mass is 9.94. The maximum Gasteiger partial charge on any atom is 0.330 e. The quantitative estimate of drug-likeness (QED) is 0.201. The van der Waals surface area contributed by atoms with Gasteiger partial charge in [-0.25, -0.2) is 4.79 Å². The average Bonchev–Trinajstić information content (AvgIpc) is 2.61. The Balaban J connectivity index is 3.41. The van der Waals surface area contributed by atoms with Crippen molar-refractivity contribution in [1.82, 2.24) is 0 Å². The third-order valence-corrected chi connectivity index (χ3v) is 5.39. The van der Waals surface area contributed by atoms with Crippen LogP contribution in [0.15, 0.2) is 11.6 Å². The van der Waals surface area contributed by atoms with Gasteiger partial charge in [0, 0.05) is 5.57 Å². The summed E-state index contributed by atoms with van der Waals surface area (Å²) in [7, 11) is 0. The summed E-state index contributed by atoms with van der Waals surface area (Å²) in [5.74, 6) is -0.127. The molecule has 2 heteroatoms. The number of hydrogen-bond acceptors (Lipinski definition) is 1. The lowest BCUT2D eigenvalue weighted by molar-refractivity contribution is -0.132. The predicted molar refractivity (Wildman–Crippen MR) is 110 cm³/mol. The normalized spacial score (nSPS) is 13.2. The van der Waals surface area contributed by atoms with Gasteiger partial charge in [-0.15, -0.1) is 0 Å². The van der Waals surface area contributed by atoms with Crippen LogP contribution in [0.5, 0.6) is 0 Å². The van der Waals surface area contributed by atoms with Gasteiger partial charge in [-0.3, -0.25) is 0 Å². The highest BCUT2D eigenvalue weighted by molar-refractivity contribution is 5.85. The Hall–Kier alpha value is -0.790. The van der Waals surface area contributed by atoms with Crippen molar-refractivity contribution >= 4 is 5.97 Å². The number of allylic oxidation sites excluding steroid dienone is 1. The van der Waals surface area contributed by atoms with Crippen LogP contribution in [0.25, 0.3) is 0 Å². The molecule has 148 valence electrons. The standard InChI is InChI=1S/C23H44O2/c1-4-6-7-8-9-10-11-12-13-14-15-16-17-18-22(5-2)20-19-21(3)23(24)25/h19,22H,4-18,20H2,1-3H3,(H,24,25). The number of carbonyl (C=O) groups is 1. The second kappa shape index (κ2) is 18.0. The van der Waals surface area contributed by atoms with Crippen molar-refractivity contribution in [1.29, 1.82) is 0 Å². The largest absolute Gasteiger partial charge is 0.478 e. The molecular formula is C23H44O2. The van der Waals surface area contributed by atoms with Crippen molar-refractivity contribution in [3.8, 4) is 0 Å². The summed E-state index contributed by atoms with van der Waals surface area (Å²) in [4.78, 5) is 10.8. The zero-order valence-corrected chi connectivity index (χ0v) is 17.3. The van der Waals surface area contributed by atoms with Crippen LogP contribution in [0.3, 0.4) is 0 Å². The Bertz CT molecular complexity index is 333. The van der Waals surface area contributed by atoms with E-state index in [0.29, 0.717) is 11.5 Å². The maximum absolute atomic E-state index is 10.8. The lowest BCUT2D eigenvalue weighted by Crippen LogP contribution is -2.01. The third kappa shape index (κ3) is 16.4. The van der Waals surface area contributed by atoms with E-state index in [1.54, 1.807) is 6.92 Å². The first-order chi connectivity index (χ1) is 12.1. The van der Waals surface area contributed by atoms with Gasteiger partial charge >= 0.3 is 5.97 Å². The van der Waals surface area contributed by atoms with E-state index in [2.05, 4.69) is 13.8 Å². The van der Waals surface area contributed by atoms with E-state index >= 15 is 0 Å². The van der Waals surface area contributed by atoms with E-state index in [9.17, 15) is 4.79 Å². The van der Waals surface area contributed by atoms with Crippen LogP contribution in [0.4, 0.5) is 0 Å². The fourth-order valence-electron chi connectivity index (χ4n) is 3.37. The Labute approximate surface area is 157 Å². The SMILES string of the molecule is CCCCCCCCCCCCCCCC(CC)CC=C(C)C(=O)O. The lowest BCUT2D eigenvalue weighted by Gasteiger charge is -2.12. The Morgan fingerprint density at radius 3 is 1.64 bits per heavy atom. The molecule has 1 unspecified atom stereocenters. The minimum absolute atomic E-state index is 0.490. The first-order valence-electron chi connectivity index (χ1n) is 11.0. The summed E-state index contributed by atoms with van der Waals surface area (Å²) in [5.41, 5.74) is 0.490. The predicted octanol–water partition coefficient (Wildman–Crippen LogP) is 7.91. The Kier molecular flexibility index (Phi) is 17.4. The second-order valence-corrected chi connectivity index (χ2v) is 7.73. The minimum atomic E-state index is -0.782. The summed E-state index contributed by atoms with van der Waals surface area (Å²) in [6.07, 6.45) is 23.4. The summed E-state index contributed by atoms with van der Waals surface area (Å²) in [6.45, 7) is 6.19. The van der Waals surface area contributed by atoms with E-state index in [1.807, 2.05) is 6.08 Å². The Morgan fingerprint density at radius 2 is 1.24 bits per heavy atom. The summed E-state index contributed by atoms with van der Waals surface area (Å²) < 4.78 is 0. The summed E-state index contributed by atoms with van der Waals surface area (Å²) in [6, 6.07) is 0. The number of hydrogen-bond donors (Lipinski definition) is 1. The molecule has 25 heavy (non-hydrogen) atoms. The molecule has 0 aliphatic heterocycles. The van der Waals surface area contributed by atoms with Crippen LogP contribution >= 0.6 is 0 Å². The molecule has 0 saturated heterocycles. The zero-order chi connectivity index (χ0) is 18.8. The molecule has 1 N–H and O–H groups in total. The molecule has 0 fully saturated rings. The van der Waals surface area contributed by atoms with Crippen molar-refractivity contribution in [2.45, 2.75) is 124 Å². The molecule has 0 heterocycles. The van der Waals surface area contributed by atoms with Gasteiger partial charge in [0.1, 0.15) is 0 Å². The van der Waals surface area contributed by atoms with Crippen molar-refractivity contribution in [3.05, 3.63) is 11.6 Å². The molecule has 0 spiro atoms. The highest BCUT2D eigenvalue weighted by Crippen LogP contribution is 2.20. The van der Waals surface area contributed by atoms with E-state index in [4.69, 9.17) is 5.11 Å². The van der Waals surface area contributed by atoms with Crippen molar-refractivity contribution < 1.29 is 9.90 Å². The highest BCUT2D eigenvalue weighted by Gasteiger charge is 2.06. The molecule has 2 nitrogen and oxygen atoms in total. The molecular weight excluding hydrogens is 308 g/mol. The van der Waals surface area contributed by atoms with Crippen LogP contribution in [0.2, 0.25) is 0 Å². The zero-order valence-electron chi connectivity index (χ0n) is 17.3. The molecule has 0 aliphatic rings. The summed E-state index contributed by atoms with van der Waals surface area (Å²) >= 11 is 0. The molecule has 0 aromatic carbocycles. The van der Waals surface area contributed by atoms with E-state index in [1.165, 1.54) is 89.9 Å². The smallest absolute Gasteiger partial charge is 0.330 e. The van der Waals surface area contributed by atoms with E-state index in [0.717, 1.165) is 12.8 Å². The van der Waals surface area contributed by atoms with Crippen LogP contribution in [0, 0.1) is 5.92 Å². The second-order valence-electron chi connectivity index (χ2n) is 7.73. The van der Waals surface area contributed by atoms with Gasteiger partial charge < -0.3 is 5.11 Å². The molecule has 0 aromatic rings. The van der Waals surface area contributed by atoms with Gasteiger partial charge in [-0.05, 0) is 19.3 Å². The average molecular weight is 353 g/mol.